The Bertz CT molecular complexity index is 103. The molecule has 1 atom stereocenters. The lowest BCUT2D eigenvalue weighted by Gasteiger charge is -2.21. The van der Waals surface area contributed by atoms with Gasteiger partial charge in [0.2, 0.25) is 0 Å². The third-order valence-electron chi connectivity index (χ3n) is 2.22. The zero-order valence-corrected chi connectivity index (χ0v) is 9.46. The van der Waals surface area contributed by atoms with E-state index in [0.29, 0.717) is 5.73 Å². The van der Waals surface area contributed by atoms with Gasteiger partial charge in [-0.25, -0.2) is 0 Å². The van der Waals surface area contributed by atoms with Gasteiger partial charge in [-0.15, -0.1) is 0 Å². The average Bonchev–Trinajstić information content (AvgIpc) is 2.14. The molecular formula is C9H20O2Si. The van der Waals surface area contributed by atoms with Gasteiger partial charge in [0.25, 0.3) is 0 Å². The molecule has 1 fully saturated rings. The molecule has 0 aliphatic carbocycles. The first-order valence-corrected chi connectivity index (χ1v) is 6.52. The Morgan fingerprint density at radius 3 is 3.08 bits per heavy atom. The van der Waals surface area contributed by atoms with Gasteiger partial charge < -0.3 is 9.16 Å². The highest BCUT2D eigenvalue weighted by Crippen LogP contribution is 2.11. The normalized spacial score (nSPS) is 25.2. The summed E-state index contributed by atoms with van der Waals surface area (Å²) in [6, 6.07) is 0. The predicted molar refractivity (Wildman–Crippen MR) is 53.0 cm³/mol. The maximum Gasteiger partial charge on any atom is 0.190 e. The van der Waals surface area contributed by atoms with Gasteiger partial charge in [-0.05, 0) is 25.7 Å². The molecule has 0 radical (unpaired) electrons. The van der Waals surface area contributed by atoms with E-state index < -0.39 is 0 Å². The van der Waals surface area contributed by atoms with Crippen molar-refractivity contribution in [1.82, 2.24) is 0 Å². The van der Waals surface area contributed by atoms with Gasteiger partial charge in [0.1, 0.15) is 0 Å². The van der Waals surface area contributed by atoms with E-state index in [9.17, 15) is 0 Å². The molecule has 0 aromatic heterocycles. The van der Waals surface area contributed by atoms with Crippen LogP contribution in [0.3, 0.4) is 0 Å². The van der Waals surface area contributed by atoms with Crippen LogP contribution >= 0.6 is 0 Å². The molecule has 1 saturated heterocycles. The molecule has 0 aromatic rings. The summed E-state index contributed by atoms with van der Waals surface area (Å²) >= 11 is 0. The second kappa shape index (κ2) is 6.63. The quantitative estimate of drug-likeness (QED) is 0.480. The van der Waals surface area contributed by atoms with E-state index in [2.05, 4.69) is 6.92 Å². The minimum Gasteiger partial charge on any atom is -0.421 e. The van der Waals surface area contributed by atoms with E-state index in [1.54, 1.807) is 0 Å². The number of unbranched alkanes of at least 4 members (excludes halogenated alkanes) is 1. The Hall–Kier alpha value is 0.137. The Morgan fingerprint density at radius 2 is 2.42 bits per heavy atom. The van der Waals surface area contributed by atoms with E-state index >= 15 is 0 Å². The molecule has 1 aliphatic rings. The summed E-state index contributed by atoms with van der Waals surface area (Å²) in [5.74, 6) is 0. The highest BCUT2D eigenvalue weighted by Gasteiger charge is 2.13. The molecule has 72 valence electrons. The second-order valence-corrected chi connectivity index (χ2v) is 5.07. The second-order valence-electron chi connectivity index (χ2n) is 3.42. The first kappa shape index (κ1) is 10.2. The van der Waals surface area contributed by atoms with Crippen molar-refractivity contribution in [3.8, 4) is 0 Å². The van der Waals surface area contributed by atoms with Gasteiger partial charge >= 0.3 is 0 Å². The topological polar surface area (TPSA) is 18.5 Å². The van der Waals surface area contributed by atoms with Gasteiger partial charge in [-0.1, -0.05) is 13.3 Å². The number of rotatable bonds is 5. The Kier molecular flexibility index (Phi) is 5.65. The van der Waals surface area contributed by atoms with Crippen molar-refractivity contribution in [3.63, 3.8) is 0 Å². The van der Waals surface area contributed by atoms with Crippen LogP contribution in [0.2, 0.25) is 0 Å². The maximum atomic E-state index is 5.63. The van der Waals surface area contributed by atoms with Gasteiger partial charge in [0.05, 0.1) is 5.73 Å². The van der Waals surface area contributed by atoms with Crippen LogP contribution in [0.4, 0.5) is 0 Å². The van der Waals surface area contributed by atoms with E-state index in [4.69, 9.17) is 9.16 Å². The highest BCUT2D eigenvalue weighted by molar-refractivity contribution is 6.29. The molecule has 1 heterocycles. The van der Waals surface area contributed by atoms with Crippen molar-refractivity contribution in [3.05, 3.63) is 0 Å². The first-order valence-electron chi connectivity index (χ1n) is 5.13. The van der Waals surface area contributed by atoms with E-state index in [0.717, 1.165) is 13.2 Å². The summed E-state index contributed by atoms with van der Waals surface area (Å²) in [6.07, 6.45) is 6.28. The Labute approximate surface area is 77.6 Å². The minimum atomic E-state index is -0.377. The van der Waals surface area contributed by atoms with Crippen molar-refractivity contribution in [2.24, 2.45) is 0 Å². The van der Waals surface area contributed by atoms with Gasteiger partial charge in [-0.2, -0.15) is 0 Å². The van der Waals surface area contributed by atoms with Crippen molar-refractivity contribution in [2.45, 2.75) is 44.8 Å². The van der Waals surface area contributed by atoms with Crippen molar-refractivity contribution < 1.29 is 9.16 Å². The van der Waals surface area contributed by atoms with Crippen LogP contribution in [0.15, 0.2) is 0 Å². The van der Waals surface area contributed by atoms with Crippen LogP contribution in [0, 0.1) is 0 Å². The molecule has 0 N–H and O–H groups in total. The fourth-order valence-electron chi connectivity index (χ4n) is 1.40. The van der Waals surface area contributed by atoms with Gasteiger partial charge in [0, 0.05) is 13.2 Å². The summed E-state index contributed by atoms with van der Waals surface area (Å²) in [5, 5.41) is 0. The Balaban J connectivity index is 1.91. The number of hydrogen-bond donors (Lipinski definition) is 0. The first-order chi connectivity index (χ1) is 5.93. The van der Waals surface area contributed by atoms with Crippen LogP contribution in [0.5, 0.6) is 0 Å². The smallest absolute Gasteiger partial charge is 0.190 e. The maximum absolute atomic E-state index is 5.63. The minimum absolute atomic E-state index is 0.377. The van der Waals surface area contributed by atoms with Crippen molar-refractivity contribution in [1.29, 1.82) is 0 Å². The molecule has 2 nitrogen and oxygen atoms in total. The highest BCUT2D eigenvalue weighted by atomic mass is 28.2. The zero-order chi connectivity index (χ0) is 8.65. The monoisotopic (exact) mass is 188 g/mol. The lowest BCUT2D eigenvalue weighted by Crippen LogP contribution is -2.27. The van der Waals surface area contributed by atoms with Crippen LogP contribution in [0.1, 0.15) is 39.0 Å². The lowest BCUT2D eigenvalue weighted by atomic mass is 10.2. The molecule has 0 bridgehead atoms. The van der Waals surface area contributed by atoms with Crippen LogP contribution in [-0.2, 0) is 9.16 Å². The number of ether oxygens (including phenoxy) is 1. The molecule has 1 aliphatic heterocycles. The predicted octanol–water partition coefficient (Wildman–Crippen LogP) is 1.41. The average molecular weight is 188 g/mol. The van der Waals surface area contributed by atoms with Crippen LogP contribution in [0.25, 0.3) is 0 Å². The summed E-state index contributed by atoms with van der Waals surface area (Å²) in [5.41, 5.74) is 0.524. The largest absolute Gasteiger partial charge is 0.421 e. The van der Waals surface area contributed by atoms with Crippen LogP contribution < -0.4 is 0 Å². The SMILES string of the molecule is CCCCO[SiH2]C1CCCCO1. The summed E-state index contributed by atoms with van der Waals surface area (Å²) in [4.78, 5) is 0. The molecule has 1 unspecified atom stereocenters. The fraction of sp³-hybridized carbons (Fsp3) is 1.00. The third-order valence-corrected chi connectivity index (χ3v) is 3.76. The van der Waals surface area contributed by atoms with Gasteiger partial charge in [0.15, 0.2) is 9.76 Å². The lowest BCUT2D eigenvalue weighted by molar-refractivity contribution is 0.0549. The van der Waals surface area contributed by atoms with Crippen molar-refractivity contribution >= 4 is 9.76 Å². The van der Waals surface area contributed by atoms with E-state index in [1.165, 1.54) is 32.1 Å². The fourth-order valence-corrected chi connectivity index (χ4v) is 2.75. The molecular weight excluding hydrogens is 168 g/mol. The molecule has 0 saturated carbocycles. The molecule has 1 rings (SSSR count). The summed E-state index contributed by atoms with van der Waals surface area (Å²) in [7, 11) is -0.377. The summed E-state index contributed by atoms with van der Waals surface area (Å²) in [6.45, 7) is 4.12. The van der Waals surface area contributed by atoms with E-state index in [1.807, 2.05) is 0 Å². The summed E-state index contributed by atoms with van der Waals surface area (Å²) < 4.78 is 11.2. The molecule has 12 heavy (non-hydrogen) atoms. The zero-order valence-electron chi connectivity index (χ0n) is 8.05. The number of hydrogen-bond acceptors (Lipinski definition) is 2. The third kappa shape index (κ3) is 4.23. The molecule has 0 spiro atoms. The van der Waals surface area contributed by atoms with Crippen molar-refractivity contribution in [2.75, 3.05) is 13.2 Å². The van der Waals surface area contributed by atoms with E-state index in [-0.39, 0.29) is 9.76 Å². The molecule has 0 aromatic carbocycles. The Morgan fingerprint density at radius 1 is 1.50 bits per heavy atom. The molecule has 0 amide bonds. The molecule has 3 heteroatoms. The standard InChI is InChI=1S/C9H20O2Si/c1-2-3-8-11-12-9-6-4-5-7-10-9/h9H,2-8,12H2,1H3. The van der Waals surface area contributed by atoms with Crippen LogP contribution in [-0.4, -0.2) is 28.7 Å². The van der Waals surface area contributed by atoms with Gasteiger partial charge in [-0.3, -0.25) is 0 Å².